The van der Waals surface area contributed by atoms with E-state index >= 15 is 0 Å². The molecule has 7 heteroatoms. The van der Waals surface area contributed by atoms with E-state index in [1.54, 1.807) is 0 Å². The SMILES string of the molecule is CS(=O)(=O)N1CCCC(COc2c(F)cccc2C=O)C1. The van der Waals surface area contributed by atoms with Gasteiger partial charge in [0, 0.05) is 19.0 Å². The first-order valence-corrected chi connectivity index (χ1v) is 8.58. The minimum atomic E-state index is -3.22. The zero-order chi connectivity index (χ0) is 15.5. The van der Waals surface area contributed by atoms with Crippen LogP contribution in [0, 0.1) is 11.7 Å². The number of benzene rings is 1. The van der Waals surface area contributed by atoms with Crippen LogP contribution in [0.5, 0.6) is 5.75 Å². The Morgan fingerprint density at radius 2 is 2.24 bits per heavy atom. The minimum absolute atomic E-state index is 0.00687. The molecule has 116 valence electrons. The average molecular weight is 315 g/mol. The predicted molar refractivity (Wildman–Crippen MR) is 76.4 cm³/mol. The molecule has 21 heavy (non-hydrogen) atoms. The lowest BCUT2D eigenvalue weighted by molar-refractivity contribution is 0.111. The average Bonchev–Trinajstić information content (AvgIpc) is 2.45. The van der Waals surface area contributed by atoms with E-state index < -0.39 is 15.8 Å². The summed E-state index contributed by atoms with van der Waals surface area (Å²) in [7, 11) is -3.22. The number of sulfonamides is 1. The highest BCUT2D eigenvalue weighted by atomic mass is 32.2. The molecule has 1 fully saturated rings. The molecule has 1 aliphatic heterocycles. The van der Waals surface area contributed by atoms with Crippen LogP contribution in [0.1, 0.15) is 23.2 Å². The number of ether oxygens (including phenoxy) is 1. The Morgan fingerprint density at radius 3 is 2.90 bits per heavy atom. The number of hydrogen-bond acceptors (Lipinski definition) is 4. The lowest BCUT2D eigenvalue weighted by atomic mass is 10.0. The number of carbonyl (C=O) groups is 1. The molecule has 0 aromatic heterocycles. The third-order valence-corrected chi connectivity index (χ3v) is 4.81. The normalized spacial score (nSPS) is 20.2. The smallest absolute Gasteiger partial charge is 0.211 e. The van der Waals surface area contributed by atoms with Crippen molar-refractivity contribution in [3.63, 3.8) is 0 Å². The van der Waals surface area contributed by atoms with Gasteiger partial charge in [0.1, 0.15) is 0 Å². The summed E-state index contributed by atoms with van der Waals surface area (Å²) >= 11 is 0. The van der Waals surface area contributed by atoms with Gasteiger partial charge in [0.25, 0.3) is 0 Å². The van der Waals surface area contributed by atoms with Gasteiger partial charge in [0.15, 0.2) is 17.9 Å². The lowest BCUT2D eigenvalue weighted by Gasteiger charge is -2.30. The molecule has 2 rings (SSSR count). The zero-order valence-electron chi connectivity index (χ0n) is 11.8. The Labute approximate surface area is 123 Å². The molecule has 1 heterocycles. The molecule has 0 aliphatic carbocycles. The van der Waals surface area contributed by atoms with Crippen LogP contribution in [-0.2, 0) is 10.0 Å². The Kier molecular flexibility index (Phi) is 4.95. The van der Waals surface area contributed by atoms with E-state index in [1.807, 2.05) is 0 Å². The largest absolute Gasteiger partial charge is 0.489 e. The zero-order valence-corrected chi connectivity index (χ0v) is 12.6. The van der Waals surface area contributed by atoms with Crippen molar-refractivity contribution >= 4 is 16.3 Å². The topological polar surface area (TPSA) is 63.7 Å². The first kappa shape index (κ1) is 15.9. The fourth-order valence-corrected chi connectivity index (χ4v) is 3.38. The lowest BCUT2D eigenvalue weighted by Crippen LogP contribution is -2.41. The molecule has 0 bridgehead atoms. The second kappa shape index (κ2) is 6.53. The maximum Gasteiger partial charge on any atom is 0.211 e. The highest BCUT2D eigenvalue weighted by molar-refractivity contribution is 7.88. The molecule has 0 spiro atoms. The molecule has 0 radical (unpaired) electrons. The van der Waals surface area contributed by atoms with E-state index in [1.165, 1.54) is 28.8 Å². The van der Waals surface area contributed by atoms with E-state index in [2.05, 4.69) is 0 Å². The quantitative estimate of drug-likeness (QED) is 0.776. The molecular weight excluding hydrogens is 297 g/mol. The number of halogens is 1. The number of nitrogens with zero attached hydrogens (tertiary/aromatic N) is 1. The second-order valence-electron chi connectivity index (χ2n) is 5.22. The molecule has 1 aliphatic rings. The highest BCUT2D eigenvalue weighted by Gasteiger charge is 2.26. The number of rotatable bonds is 5. The summed E-state index contributed by atoms with van der Waals surface area (Å²) in [5, 5.41) is 0. The summed E-state index contributed by atoms with van der Waals surface area (Å²) in [5.74, 6) is -0.660. The second-order valence-corrected chi connectivity index (χ2v) is 7.20. The van der Waals surface area contributed by atoms with Gasteiger partial charge in [-0.3, -0.25) is 4.79 Å². The van der Waals surface area contributed by atoms with Crippen molar-refractivity contribution in [1.29, 1.82) is 0 Å². The standard InChI is InChI=1S/C14H18FNO4S/c1-21(18,19)16-7-3-4-11(8-16)10-20-14-12(9-17)5-2-6-13(14)15/h2,5-6,9,11H,3-4,7-8,10H2,1H3. The Morgan fingerprint density at radius 1 is 1.48 bits per heavy atom. The van der Waals surface area contributed by atoms with Crippen molar-refractivity contribution in [1.82, 2.24) is 4.31 Å². The van der Waals surface area contributed by atoms with Gasteiger partial charge >= 0.3 is 0 Å². The fourth-order valence-electron chi connectivity index (χ4n) is 2.44. The monoisotopic (exact) mass is 315 g/mol. The molecule has 1 atom stereocenters. The molecule has 0 N–H and O–H groups in total. The van der Waals surface area contributed by atoms with Crippen molar-refractivity contribution in [3.8, 4) is 5.75 Å². The van der Waals surface area contributed by atoms with Crippen LogP contribution in [0.25, 0.3) is 0 Å². The molecule has 0 saturated carbocycles. The molecule has 1 aromatic carbocycles. The van der Waals surface area contributed by atoms with E-state index in [4.69, 9.17) is 4.74 Å². The summed E-state index contributed by atoms with van der Waals surface area (Å²) in [4.78, 5) is 10.9. The van der Waals surface area contributed by atoms with E-state index in [0.717, 1.165) is 12.8 Å². The first-order chi connectivity index (χ1) is 9.91. The summed E-state index contributed by atoms with van der Waals surface area (Å²) in [6.07, 6.45) is 3.29. The predicted octanol–water partition coefficient (Wildman–Crippen LogP) is 1.69. The minimum Gasteiger partial charge on any atom is -0.489 e. The molecule has 0 amide bonds. The van der Waals surface area contributed by atoms with Crippen molar-refractivity contribution in [2.75, 3.05) is 26.0 Å². The third-order valence-electron chi connectivity index (χ3n) is 3.54. The van der Waals surface area contributed by atoms with Gasteiger partial charge < -0.3 is 4.74 Å². The van der Waals surface area contributed by atoms with Gasteiger partial charge in [-0.15, -0.1) is 0 Å². The number of aldehydes is 1. The van der Waals surface area contributed by atoms with Gasteiger partial charge in [0.2, 0.25) is 10.0 Å². The van der Waals surface area contributed by atoms with E-state index in [-0.39, 0.29) is 23.8 Å². The summed E-state index contributed by atoms with van der Waals surface area (Å²) < 4.78 is 43.6. The molecule has 5 nitrogen and oxygen atoms in total. The highest BCUT2D eigenvalue weighted by Crippen LogP contribution is 2.24. The van der Waals surface area contributed by atoms with Gasteiger partial charge in [-0.1, -0.05) is 6.07 Å². The van der Waals surface area contributed by atoms with Crippen LogP contribution in [-0.4, -0.2) is 45.0 Å². The fraction of sp³-hybridized carbons (Fsp3) is 0.500. The third kappa shape index (κ3) is 4.01. The molecular formula is C14H18FNO4S. The summed E-state index contributed by atoms with van der Waals surface area (Å²) in [5.41, 5.74) is 0.158. The van der Waals surface area contributed by atoms with Crippen LogP contribution >= 0.6 is 0 Å². The van der Waals surface area contributed by atoms with Crippen LogP contribution < -0.4 is 4.74 Å². The first-order valence-electron chi connectivity index (χ1n) is 6.73. The van der Waals surface area contributed by atoms with Crippen LogP contribution in [0.15, 0.2) is 18.2 Å². The van der Waals surface area contributed by atoms with Crippen LogP contribution in [0.2, 0.25) is 0 Å². The van der Waals surface area contributed by atoms with Crippen LogP contribution in [0.3, 0.4) is 0 Å². The Hall–Kier alpha value is -1.47. The van der Waals surface area contributed by atoms with E-state index in [9.17, 15) is 17.6 Å². The molecule has 1 saturated heterocycles. The van der Waals surface area contributed by atoms with Gasteiger partial charge in [0.05, 0.1) is 18.4 Å². The Balaban J connectivity index is 2.02. The van der Waals surface area contributed by atoms with Gasteiger partial charge in [-0.25, -0.2) is 17.1 Å². The number of hydrogen-bond donors (Lipinski definition) is 0. The number of piperidine rings is 1. The Bertz CT molecular complexity index is 617. The van der Waals surface area contributed by atoms with Gasteiger partial charge in [-0.05, 0) is 25.0 Å². The van der Waals surface area contributed by atoms with Gasteiger partial charge in [-0.2, -0.15) is 0 Å². The van der Waals surface area contributed by atoms with Crippen LogP contribution in [0.4, 0.5) is 4.39 Å². The van der Waals surface area contributed by atoms with Crippen molar-refractivity contribution in [3.05, 3.63) is 29.6 Å². The van der Waals surface area contributed by atoms with Crippen molar-refractivity contribution in [2.24, 2.45) is 5.92 Å². The molecule has 1 aromatic rings. The summed E-state index contributed by atoms with van der Waals surface area (Å²) in [6, 6.07) is 4.15. The van der Waals surface area contributed by atoms with Crippen molar-refractivity contribution in [2.45, 2.75) is 12.8 Å². The van der Waals surface area contributed by atoms with Crippen molar-refractivity contribution < 1.29 is 22.3 Å². The maximum absolute atomic E-state index is 13.7. The maximum atomic E-state index is 13.7. The van der Waals surface area contributed by atoms with E-state index in [0.29, 0.717) is 19.4 Å². The molecule has 1 unspecified atom stereocenters. The summed E-state index contributed by atoms with van der Waals surface area (Å²) in [6.45, 7) is 1.06. The number of para-hydroxylation sites is 1. The number of carbonyl (C=O) groups excluding carboxylic acids is 1.